The van der Waals surface area contributed by atoms with Gasteiger partial charge in [-0.3, -0.25) is 0 Å². The maximum atomic E-state index is 3.69. The Bertz CT molecular complexity index is 142. The largest absolute Gasteiger partial charge is 0.314 e. The van der Waals surface area contributed by atoms with E-state index in [1.165, 1.54) is 25.8 Å². The molecule has 1 N–H and O–H groups in total. The Hall–Kier alpha value is -0.0400. The summed E-state index contributed by atoms with van der Waals surface area (Å²) in [5, 5.41) is 3.69. The Labute approximate surface area is 83.3 Å². The van der Waals surface area contributed by atoms with Crippen LogP contribution in [-0.2, 0) is 0 Å². The van der Waals surface area contributed by atoms with E-state index >= 15 is 0 Å². The molecule has 1 aliphatic rings. The minimum absolute atomic E-state index is 0.801. The van der Waals surface area contributed by atoms with Gasteiger partial charge in [-0.1, -0.05) is 27.7 Å². The first-order valence-corrected chi connectivity index (χ1v) is 5.88. The van der Waals surface area contributed by atoms with Crippen molar-refractivity contribution in [3.63, 3.8) is 0 Å². The maximum absolute atomic E-state index is 3.69. The van der Waals surface area contributed by atoms with Crippen LogP contribution in [0.15, 0.2) is 0 Å². The summed E-state index contributed by atoms with van der Waals surface area (Å²) >= 11 is 0. The lowest BCUT2D eigenvalue weighted by Gasteiger charge is -2.20. The molecule has 0 heterocycles. The van der Waals surface area contributed by atoms with Gasteiger partial charge in [-0.25, -0.2) is 0 Å². The van der Waals surface area contributed by atoms with Crippen LogP contribution >= 0.6 is 0 Å². The van der Waals surface area contributed by atoms with Crippen molar-refractivity contribution in [2.24, 2.45) is 17.8 Å². The SMILES string of the molecule is CCCNC(CC(C)C)C1CC1C. The molecule has 13 heavy (non-hydrogen) atoms. The van der Waals surface area contributed by atoms with Gasteiger partial charge < -0.3 is 5.32 Å². The fourth-order valence-electron chi connectivity index (χ4n) is 2.16. The summed E-state index contributed by atoms with van der Waals surface area (Å²) in [6, 6.07) is 0.801. The number of nitrogens with one attached hydrogen (secondary N) is 1. The summed E-state index contributed by atoms with van der Waals surface area (Å²) in [4.78, 5) is 0. The summed E-state index contributed by atoms with van der Waals surface area (Å²) in [5.74, 6) is 2.80. The van der Waals surface area contributed by atoms with Gasteiger partial charge in [-0.15, -0.1) is 0 Å². The molecule has 1 heteroatoms. The van der Waals surface area contributed by atoms with E-state index in [2.05, 4.69) is 33.0 Å². The first-order chi connectivity index (χ1) is 6.15. The quantitative estimate of drug-likeness (QED) is 0.667. The molecule has 0 amide bonds. The second-order valence-corrected chi connectivity index (χ2v) is 5.07. The summed E-state index contributed by atoms with van der Waals surface area (Å²) in [7, 11) is 0. The van der Waals surface area contributed by atoms with Crippen LogP contribution in [0.2, 0.25) is 0 Å². The highest BCUT2D eigenvalue weighted by atomic mass is 14.9. The zero-order valence-corrected chi connectivity index (χ0v) is 9.64. The number of hydrogen-bond donors (Lipinski definition) is 1. The second kappa shape index (κ2) is 4.99. The van der Waals surface area contributed by atoms with E-state index in [1.54, 1.807) is 0 Å². The lowest BCUT2D eigenvalue weighted by molar-refractivity contribution is 0.373. The third kappa shape index (κ3) is 3.68. The molecule has 0 aromatic carbocycles. The topological polar surface area (TPSA) is 12.0 Å². The Balaban J connectivity index is 2.26. The highest BCUT2D eigenvalue weighted by Gasteiger charge is 2.38. The molecule has 0 aromatic rings. The van der Waals surface area contributed by atoms with Gasteiger partial charge in [-0.05, 0) is 43.6 Å². The first kappa shape index (κ1) is 11.0. The Morgan fingerprint density at radius 1 is 1.38 bits per heavy atom. The summed E-state index contributed by atoms with van der Waals surface area (Å²) in [6.07, 6.45) is 4.07. The molecule has 1 rings (SSSR count). The third-order valence-corrected chi connectivity index (χ3v) is 3.07. The van der Waals surface area contributed by atoms with Gasteiger partial charge in [0, 0.05) is 6.04 Å². The summed E-state index contributed by atoms with van der Waals surface area (Å²) in [5.41, 5.74) is 0. The van der Waals surface area contributed by atoms with Gasteiger partial charge in [0.25, 0.3) is 0 Å². The Morgan fingerprint density at radius 3 is 2.38 bits per heavy atom. The van der Waals surface area contributed by atoms with Crippen LogP contribution in [0.4, 0.5) is 0 Å². The Kier molecular flexibility index (Phi) is 4.24. The van der Waals surface area contributed by atoms with E-state index in [1.807, 2.05) is 0 Å². The zero-order valence-electron chi connectivity index (χ0n) is 9.64. The van der Waals surface area contributed by atoms with E-state index in [-0.39, 0.29) is 0 Å². The van der Waals surface area contributed by atoms with Gasteiger partial charge in [0.05, 0.1) is 0 Å². The van der Waals surface area contributed by atoms with E-state index < -0.39 is 0 Å². The normalized spacial score (nSPS) is 29.3. The predicted molar refractivity (Wildman–Crippen MR) is 58.8 cm³/mol. The van der Waals surface area contributed by atoms with Crippen LogP contribution in [0.3, 0.4) is 0 Å². The average Bonchev–Trinajstić information content (AvgIpc) is 2.75. The molecule has 78 valence electrons. The van der Waals surface area contributed by atoms with Crippen LogP contribution in [0.5, 0.6) is 0 Å². The molecule has 3 unspecified atom stereocenters. The van der Waals surface area contributed by atoms with Crippen molar-refractivity contribution < 1.29 is 0 Å². The summed E-state index contributed by atoms with van der Waals surface area (Å²) < 4.78 is 0. The monoisotopic (exact) mass is 183 g/mol. The van der Waals surface area contributed by atoms with E-state index in [9.17, 15) is 0 Å². The van der Waals surface area contributed by atoms with E-state index in [0.29, 0.717) is 0 Å². The number of hydrogen-bond acceptors (Lipinski definition) is 1. The van der Waals surface area contributed by atoms with Gasteiger partial charge in [-0.2, -0.15) is 0 Å². The van der Waals surface area contributed by atoms with Crippen LogP contribution < -0.4 is 5.32 Å². The average molecular weight is 183 g/mol. The van der Waals surface area contributed by atoms with Gasteiger partial charge >= 0.3 is 0 Å². The van der Waals surface area contributed by atoms with Gasteiger partial charge in [0.15, 0.2) is 0 Å². The van der Waals surface area contributed by atoms with Crippen molar-refractivity contribution >= 4 is 0 Å². The molecule has 0 spiro atoms. The minimum atomic E-state index is 0.801. The van der Waals surface area contributed by atoms with Crippen molar-refractivity contribution in [1.29, 1.82) is 0 Å². The van der Waals surface area contributed by atoms with Crippen molar-refractivity contribution in [1.82, 2.24) is 5.32 Å². The molecule has 1 saturated carbocycles. The summed E-state index contributed by atoms with van der Waals surface area (Å²) in [6.45, 7) is 10.5. The minimum Gasteiger partial charge on any atom is -0.314 e. The van der Waals surface area contributed by atoms with Crippen molar-refractivity contribution in [2.75, 3.05) is 6.54 Å². The van der Waals surface area contributed by atoms with Crippen molar-refractivity contribution in [3.8, 4) is 0 Å². The molecule has 3 atom stereocenters. The lowest BCUT2D eigenvalue weighted by Crippen LogP contribution is -2.33. The first-order valence-electron chi connectivity index (χ1n) is 5.88. The fourth-order valence-corrected chi connectivity index (χ4v) is 2.16. The lowest BCUT2D eigenvalue weighted by atomic mass is 9.99. The highest BCUT2D eigenvalue weighted by Crippen LogP contribution is 2.42. The van der Waals surface area contributed by atoms with E-state index in [0.717, 1.165) is 23.8 Å². The van der Waals surface area contributed by atoms with Gasteiger partial charge in [0.1, 0.15) is 0 Å². The third-order valence-electron chi connectivity index (χ3n) is 3.07. The highest BCUT2D eigenvalue weighted by molar-refractivity contribution is 4.92. The van der Waals surface area contributed by atoms with Crippen LogP contribution in [-0.4, -0.2) is 12.6 Å². The molecular formula is C12H25N. The maximum Gasteiger partial charge on any atom is 0.0100 e. The second-order valence-electron chi connectivity index (χ2n) is 5.07. The standard InChI is InChI=1S/C12H25N/c1-5-6-13-12(7-9(2)3)11-8-10(11)4/h9-13H,5-8H2,1-4H3. The zero-order chi connectivity index (χ0) is 9.84. The van der Waals surface area contributed by atoms with Crippen molar-refractivity contribution in [3.05, 3.63) is 0 Å². The molecule has 0 saturated heterocycles. The molecule has 1 aliphatic carbocycles. The van der Waals surface area contributed by atoms with Crippen molar-refractivity contribution in [2.45, 2.75) is 53.0 Å². The van der Waals surface area contributed by atoms with Crippen LogP contribution in [0.1, 0.15) is 47.0 Å². The molecular weight excluding hydrogens is 158 g/mol. The number of rotatable bonds is 6. The molecule has 0 bridgehead atoms. The fraction of sp³-hybridized carbons (Fsp3) is 1.00. The van der Waals surface area contributed by atoms with Crippen LogP contribution in [0.25, 0.3) is 0 Å². The molecule has 0 aromatic heterocycles. The Morgan fingerprint density at radius 2 is 2.00 bits per heavy atom. The molecule has 0 radical (unpaired) electrons. The molecule has 1 fully saturated rings. The predicted octanol–water partition coefficient (Wildman–Crippen LogP) is 3.06. The van der Waals surface area contributed by atoms with E-state index in [4.69, 9.17) is 0 Å². The smallest absolute Gasteiger partial charge is 0.0100 e. The molecule has 1 nitrogen and oxygen atoms in total. The molecule has 0 aliphatic heterocycles. The van der Waals surface area contributed by atoms with Gasteiger partial charge in [0.2, 0.25) is 0 Å². The van der Waals surface area contributed by atoms with Crippen LogP contribution in [0, 0.1) is 17.8 Å².